The molecule has 1 aromatic carbocycles. The first-order chi connectivity index (χ1) is 23.2. The van der Waals surface area contributed by atoms with Crippen LogP contribution in [0.2, 0.25) is 0 Å². The number of phenolic OH excluding ortho intramolecular Hbond substituents is 2. The Labute approximate surface area is 311 Å². The van der Waals surface area contributed by atoms with Gasteiger partial charge in [0.15, 0.2) is 16.9 Å². The van der Waals surface area contributed by atoms with Crippen molar-refractivity contribution in [1.29, 1.82) is 0 Å². The van der Waals surface area contributed by atoms with E-state index in [9.17, 15) is 53.1 Å². The molecule has 4 atom stereocenters. The zero-order chi connectivity index (χ0) is 35.8. The number of amides is 7. The molecule has 0 spiro atoms. The fourth-order valence-corrected chi connectivity index (χ4v) is 8.25. The maximum Gasteiger partial charge on any atom is 1.00 e. The van der Waals surface area contributed by atoms with E-state index in [2.05, 4.69) is 26.6 Å². The second-order valence-electron chi connectivity index (χ2n) is 10.8. The number of urea groups is 1. The Kier molecular flexibility index (Phi) is 11.7. The quantitative estimate of drug-likeness (QED) is 0.0234. The maximum atomic E-state index is 13.9. The van der Waals surface area contributed by atoms with Gasteiger partial charge in [-0.05, 0) is 42.1 Å². The van der Waals surface area contributed by atoms with Gasteiger partial charge in [-0.3, -0.25) is 43.0 Å². The first-order valence-corrected chi connectivity index (χ1v) is 16.6. The van der Waals surface area contributed by atoms with E-state index in [1.165, 1.54) is 20.8 Å². The molecule has 2 saturated heterocycles. The summed E-state index contributed by atoms with van der Waals surface area (Å²) in [6.45, 7) is 1.61. The SMILES string of the molecule is CCN1CCN(C(=O)NC(C(=O)N[C@]2(NC=O)C(=O)N3C(C(=O)[O-])=C(CSN4NN=CN4C)CS(=O)[C@H]32)c2ccc(O)c(O)c2)C(=O)C1=O.[Na+]. The van der Waals surface area contributed by atoms with Crippen molar-refractivity contribution in [3.63, 3.8) is 0 Å². The zero-order valence-corrected chi connectivity index (χ0v) is 30.3. The van der Waals surface area contributed by atoms with Gasteiger partial charge in [0.1, 0.15) is 12.4 Å². The number of carboxylic acid groups (broad SMARTS) is 1. The summed E-state index contributed by atoms with van der Waals surface area (Å²) in [5, 5.41) is 42.6. The van der Waals surface area contributed by atoms with Crippen LogP contribution in [0, 0.1) is 0 Å². The van der Waals surface area contributed by atoms with Gasteiger partial charge >= 0.3 is 47.4 Å². The minimum atomic E-state index is -2.49. The van der Waals surface area contributed by atoms with Crippen molar-refractivity contribution in [3.05, 3.63) is 35.0 Å². The van der Waals surface area contributed by atoms with Gasteiger partial charge in [0.25, 0.3) is 5.91 Å². The molecule has 4 aliphatic heterocycles. The number of hydrazine groups is 2. The predicted octanol–water partition coefficient (Wildman–Crippen LogP) is -7.71. The maximum absolute atomic E-state index is 13.9. The molecule has 0 aliphatic carbocycles. The van der Waals surface area contributed by atoms with E-state index in [1.54, 1.807) is 14.0 Å². The number of carboxylic acids is 1. The monoisotopic (exact) mass is 744 g/mol. The van der Waals surface area contributed by atoms with Crippen LogP contribution in [0.3, 0.4) is 0 Å². The first-order valence-electron chi connectivity index (χ1n) is 14.3. The second-order valence-corrected chi connectivity index (χ2v) is 13.2. The number of imide groups is 1. The molecule has 0 radical (unpaired) electrons. The van der Waals surface area contributed by atoms with Crippen LogP contribution in [-0.4, -0.2) is 136 Å². The number of benzene rings is 1. The molecule has 0 aromatic heterocycles. The Morgan fingerprint density at radius 2 is 1.92 bits per heavy atom. The number of aromatic hydroxyl groups is 2. The van der Waals surface area contributed by atoms with Crippen LogP contribution < -0.4 is 56.1 Å². The normalized spacial score (nSPS) is 23.8. The topological polar surface area (TPSA) is 277 Å². The molecule has 6 N–H and O–H groups in total. The fraction of sp³-hybridized carbons (Fsp3) is 0.385. The van der Waals surface area contributed by atoms with Gasteiger partial charge in [-0.2, -0.15) is 5.10 Å². The average Bonchev–Trinajstić information content (AvgIpc) is 3.48. The Bertz CT molecular complexity index is 1730. The predicted molar refractivity (Wildman–Crippen MR) is 164 cm³/mol. The Hall–Kier alpha value is -4.42. The second kappa shape index (κ2) is 15.2. The number of nitrogens with one attached hydrogen (secondary N) is 4. The number of aliphatic carboxylic acids is 1. The minimum Gasteiger partial charge on any atom is -0.543 e. The summed E-state index contributed by atoms with van der Waals surface area (Å²) in [5.41, 5.74) is -0.634. The number of phenols is 2. The third-order valence-corrected chi connectivity index (χ3v) is 10.7. The Balaban J connectivity index is 0.00000562. The van der Waals surface area contributed by atoms with E-state index >= 15 is 0 Å². The van der Waals surface area contributed by atoms with Crippen molar-refractivity contribution < 1.29 is 82.6 Å². The number of fused-ring (bicyclic) bond motifs is 1. The van der Waals surface area contributed by atoms with Crippen molar-refractivity contribution in [2.75, 3.05) is 38.2 Å². The van der Waals surface area contributed by atoms with Crippen molar-refractivity contribution in [2.45, 2.75) is 24.0 Å². The summed E-state index contributed by atoms with van der Waals surface area (Å²) in [7, 11) is -0.502. The Morgan fingerprint density at radius 1 is 1.20 bits per heavy atom. The fourth-order valence-electron chi connectivity index (χ4n) is 5.48. The van der Waals surface area contributed by atoms with Crippen LogP contribution >= 0.6 is 11.9 Å². The number of carbonyl (C=O) groups is 7. The molecule has 0 bridgehead atoms. The number of carbonyl (C=O) groups excluding carboxylic acids is 7. The van der Waals surface area contributed by atoms with E-state index < -0.39 is 86.5 Å². The minimum absolute atomic E-state index is 0. The van der Waals surface area contributed by atoms with Crippen LogP contribution in [0.5, 0.6) is 11.5 Å². The van der Waals surface area contributed by atoms with Crippen molar-refractivity contribution >= 4 is 71.1 Å². The van der Waals surface area contributed by atoms with Crippen LogP contribution in [0.15, 0.2) is 34.6 Å². The van der Waals surface area contributed by atoms with Gasteiger partial charge in [-0.15, -0.1) is 0 Å². The molecule has 2 unspecified atom stereocenters. The third kappa shape index (κ3) is 6.83. The average molecular weight is 745 g/mol. The largest absolute Gasteiger partial charge is 1.00 e. The summed E-state index contributed by atoms with van der Waals surface area (Å²) in [6, 6.07) is -0.0856. The molecule has 262 valence electrons. The van der Waals surface area contributed by atoms with Crippen molar-refractivity contribution in [1.82, 2.24) is 45.7 Å². The van der Waals surface area contributed by atoms with Crippen molar-refractivity contribution in [3.8, 4) is 11.5 Å². The first kappa shape index (κ1) is 38.4. The molecule has 2 fully saturated rings. The number of β-lactam (4-membered cyclic amide) rings is 1. The molecule has 5 rings (SSSR count). The van der Waals surface area contributed by atoms with Gasteiger partial charge in [0, 0.05) is 32.4 Å². The molecule has 7 amide bonds. The van der Waals surface area contributed by atoms with Gasteiger partial charge in [0.05, 0.1) is 28.2 Å². The molecule has 4 aliphatic rings. The molecule has 1 aromatic rings. The molecule has 4 heterocycles. The van der Waals surface area contributed by atoms with Gasteiger partial charge in [0.2, 0.25) is 18.0 Å². The van der Waals surface area contributed by atoms with Crippen LogP contribution in [0.4, 0.5) is 4.79 Å². The van der Waals surface area contributed by atoms with E-state index in [-0.39, 0.29) is 72.5 Å². The molecule has 50 heavy (non-hydrogen) atoms. The van der Waals surface area contributed by atoms with Gasteiger partial charge in [-0.25, -0.2) is 10.3 Å². The van der Waals surface area contributed by atoms with Gasteiger partial charge in [-0.1, -0.05) is 10.6 Å². The van der Waals surface area contributed by atoms with Gasteiger partial charge < -0.3 is 41.0 Å². The summed E-state index contributed by atoms with van der Waals surface area (Å²) < 4.78 is 15.0. The van der Waals surface area contributed by atoms with Crippen LogP contribution in [0.25, 0.3) is 0 Å². The summed E-state index contributed by atoms with van der Waals surface area (Å²) in [6.07, 6.45) is 1.45. The molecular formula is C26H29N10NaO11S2. The number of piperazine rings is 1. The standard InChI is InChI=1S/C26H30N10O11S2.Na/c1-3-33-6-7-34(21(42)20(33)41)25(46)29-17(13-4-5-15(38)16(39)8-13)19(40)30-26(27-12-37)23(45)35-18(22(43)44)14(10-49(47)24(26)35)9-48-36-31-28-11-32(36)2;/h4-5,8,11-12,17,24,31,38-39H,3,6-7,9-10H2,1-2H3,(H,27,37)(H,29,46)(H,30,40)(H,43,44);/q;+1/p-1/t17?,24-,26+,49?;/m0./s1. The van der Waals surface area contributed by atoms with Crippen molar-refractivity contribution in [2.24, 2.45) is 5.10 Å². The van der Waals surface area contributed by atoms with Crippen LogP contribution in [0.1, 0.15) is 18.5 Å². The summed E-state index contributed by atoms with van der Waals surface area (Å²) in [5.74, 6) is -8.21. The molecule has 0 saturated carbocycles. The van der Waals surface area contributed by atoms with E-state index in [4.69, 9.17) is 0 Å². The molecule has 21 nitrogen and oxygen atoms in total. The van der Waals surface area contributed by atoms with E-state index in [1.807, 2.05) is 0 Å². The number of likely N-dealkylation sites (N-methyl/N-ethyl adjacent to an activating group) is 1. The Morgan fingerprint density at radius 3 is 2.52 bits per heavy atom. The number of nitrogens with zero attached hydrogens (tertiary/aromatic N) is 6. The number of hydrazone groups is 1. The molecular weight excluding hydrogens is 715 g/mol. The number of rotatable bonds is 11. The number of hydrogen-bond acceptors (Lipinski definition) is 16. The summed E-state index contributed by atoms with van der Waals surface area (Å²) >= 11 is 1.02. The van der Waals surface area contributed by atoms with Crippen LogP contribution in [-0.2, 0) is 39.6 Å². The number of hydrogen-bond donors (Lipinski definition) is 6. The van der Waals surface area contributed by atoms with E-state index in [0.29, 0.717) is 9.80 Å². The summed E-state index contributed by atoms with van der Waals surface area (Å²) in [4.78, 5) is 92.5. The molecule has 24 heteroatoms. The third-order valence-electron chi connectivity index (χ3n) is 7.92. The zero-order valence-electron chi connectivity index (χ0n) is 26.6. The smallest absolute Gasteiger partial charge is 0.543 e. The van der Waals surface area contributed by atoms with E-state index in [0.717, 1.165) is 30.1 Å².